The molecule has 0 aromatic carbocycles. The van der Waals surface area contributed by atoms with E-state index in [1.807, 2.05) is 0 Å². The summed E-state index contributed by atoms with van der Waals surface area (Å²) in [6.07, 6.45) is 18.8. The van der Waals surface area contributed by atoms with Gasteiger partial charge in [-0.15, -0.1) is 0 Å². The zero-order chi connectivity index (χ0) is 27.8. The molecule has 222 valence electrons. The first-order chi connectivity index (χ1) is 17.6. The van der Waals surface area contributed by atoms with Gasteiger partial charge in [-0.05, 0) is 19.3 Å². The summed E-state index contributed by atoms with van der Waals surface area (Å²) in [6.45, 7) is 5.37. The maximum atomic E-state index is 12.2. The van der Waals surface area contributed by atoms with E-state index in [9.17, 15) is 14.3 Å². The molecule has 1 amide bonds. The van der Waals surface area contributed by atoms with Crippen molar-refractivity contribution in [1.82, 2.24) is 5.32 Å². The van der Waals surface area contributed by atoms with E-state index < -0.39 is 13.9 Å². The fourth-order valence-electron chi connectivity index (χ4n) is 4.08. The molecular weight excluding hydrogens is 491 g/mol. The Hall–Kier alpha value is -0.500. The summed E-state index contributed by atoms with van der Waals surface area (Å²) in [6, 6.07) is 0. The average molecular weight is 551 g/mol. The molecule has 2 unspecified atom stereocenters. The summed E-state index contributed by atoms with van der Waals surface area (Å²) in [7, 11) is 1.81. The molecule has 0 fully saturated rings. The molecule has 0 aliphatic rings. The van der Waals surface area contributed by atoms with Crippen molar-refractivity contribution < 1.29 is 32.5 Å². The molecule has 8 nitrogen and oxygen atoms in total. The van der Waals surface area contributed by atoms with Crippen LogP contribution >= 0.6 is 7.82 Å². The summed E-state index contributed by atoms with van der Waals surface area (Å²) >= 11 is 0. The topological polar surface area (TPSA) is 96.9 Å². The smallest absolute Gasteiger partial charge is 0.268 e. The lowest BCUT2D eigenvalue weighted by Gasteiger charge is -2.28. The Kier molecular flexibility index (Phi) is 23.1. The van der Waals surface area contributed by atoms with E-state index in [1.54, 1.807) is 0 Å². The lowest BCUT2D eigenvalue weighted by Crippen LogP contribution is -2.36. The summed E-state index contributed by atoms with van der Waals surface area (Å²) in [5.74, 6) is -0.248. The van der Waals surface area contributed by atoms with Crippen molar-refractivity contribution in [2.75, 3.05) is 54.1 Å². The van der Waals surface area contributed by atoms with Gasteiger partial charge in [0.05, 0.1) is 40.9 Å². The molecule has 0 aromatic rings. The molecule has 0 spiro atoms. The molecule has 0 radical (unpaired) electrons. The van der Waals surface area contributed by atoms with Crippen LogP contribution in [-0.4, -0.2) is 70.5 Å². The van der Waals surface area contributed by atoms with E-state index in [4.69, 9.17) is 13.8 Å². The van der Waals surface area contributed by atoms with E-state index in [-0.39, 0.29) is 25.7 Å². The van der Waals surface area contributed by atoms with E-state index in [2.05, 4.69) is 33.4 Å². The SMILES string of the molecule is CCCCCCCCCCCCCCCCOCC(CNC(C)=O)OP(=O)([O-])OCCCC[N+](C)(C)C. The highest BCUT2D eigenvalue weighted by Gasteiger charge is 2.19. The Morgan fingerprint density at radius 2 is 1.30 bits per heavy atom. The van der Waals surface area contributed by atoms with E-state index in [1.165, 1.54) is 84.0 Å². The van der Waals surface area contributed by atoms with Crippen molar-refractivity contribution in [2.24, 2.45) is 0 Å². The zero-order valence-electron chi connectivity index (χ0n) is 24.8. The maximum absolute atomic E-state index is 12.2. The molecule has 2 atom stereocenters. The quantitative estimate of drug-likeness (QED) is 0.0768. The third-order valence-electron chi connectivity index (χ3n) is 6.28. The fourth-order valence-corrected chi connectivity index (χ4v) is 4.99. The number of rotatable bonds is 27. The lowest BCUT2D eigenvalue weighted by atomic mass is 10.0. The standard InChI is InChI=1S/C28H59N2O6P/c1-6-7-8-9-10-11-12-13-14-15-16-17-18-20-23-34-26-28(25-29-27(2)31)36-37(32,33)35-24-21-19-22-30(3,4)5/h28H,6-26H2,1-5H3,(H-,29,31,32,33). The third-order valence-corrected chi connectivity index (χ3v) is 7.33. The first kappa shape index (κ1) is 36.5. The van der Waals surface area contributed by atoms with Gasteiger partial charge in [-0.3, -0.25) is 9.36 Å². The Balaban J connectivity index is 3.90. The number of amides is 1. The van der Waals surface area contributed by atoms with E-state index in [0.717, 1.165) is 30.3 Å². The third kappa shape index (κ3) is 28.3. The van der Waals surface area contributed by atoms with Crippen LogP contribution in [0.15, 0.2) is 0 Å². The highest BCUT2D eigenvalue weighted by molar-refractivity contribution is 7.45. The number of ether oxygens (including phenoxy) is 1. The van der Waals surface area contributed by atoms with Crippen molar-refractivity contribution in [3.63, 3.8) is 0 Å². The van der Waals surface area contributed by atoms with Gasteiger partial charge in [0.25, 0.3) is 7.82 Å². The van der Waals surface area contributed by atoms with Gasteiger partial charge in [0, 0.05) is 20.1 Å². The van der Waals surface area contributed by atoms with Crippen molar-refractivity contribution in [2.45, 2.75) is 123 Å². The van der Waals surface area contributed by atoms with Gasteiger partial charge in [0.2, 0.25) is 5.91 Å². The second-order valence-electron chi connectivity index (χ2n) is 11.3. The normalized spacial score (nSPS) is 14.4. The van der Waals surface area contributed by atoms with Crippen LogP contribution in [0.1, 0.15) is 117 Å². The van der Waals surface area contributed by atoms with Crippen molar-refractivity contribution >= 4 is 13.7 Å². The van der Waals surface area contributed by atoms with Crippen molar-refractivity contribution in [3.8, 4) is 0 Å². The molecule has 1 N–H and O–H groups in total. The van der Waals surface area contributed by atoms with Crippen LogP contribution in [0.2, 0.25) is 0 Å². The van der Waals surface area contributed by atoms with E-state index >= 15 is 0 Å². The number of carbonyl (C=O) groups excluding carboxylic acids is 1. The first-order valence-corrected chi connectivity index (χ1v) is 16.3. The number of carbonyl (C=O) groups is 1. The van der Waals surface area contributed by atoms with Gasteiger partial charge < -0.3 is 28.5 Å². The maximum Gasteiger partial charge on any atom is 0.268 e. The van der Waals surface area contributed by atoms with Crippen LogP contribution in [0.4, 0.5) is 0 Å². The summed E-state index contributed by atoms with van der Waals surface area (Å²) in [5.41, 5.74) is 0. The highest BCUT2D eigenvalue weighted by Crippen LogP contribution is 2.40. The van der Waals surface area contributed by atoms with Crippen LogP contribution in [0.3, 0.4) is 0 Å². The summed E-state index contributed by atoms with van der Waals surface area (Å²) in [4.78, 5) is 23.5. The van der Waals surface area contributed by atoms with Gasteiger partial charge in [-0.25, -0.2) is 0 Å². The molecule has 0 saturated heterocycles. The van der Waals surface area contributed by atoms with Crippen LogP contribution in [0, 0.1) is 0 Å². The summed E-state index contributed by atoms with van der Waals surface area (Å²) < 4.78 is 28.9. The second kappa shape index (κ2) is 23.4. The molecule has 0 saturated carbocycles. The van der Waals surface area contributed by atoms with Crippen LogP contribution in [0.5, 0.6) is 0 Å². The number of nitrogens with zero attached hydrogens (tertiary/aromatic N) is 1. The Morgan fingerprint density at radius 3 is 1.78 bits per heavy atom. The molecule has 0 aromatic heterocycles. The largest absolute Gasteiger partial charge is 0.756 e. The number of phosphoric acid groups is 1. The Bertz CT molecular complexity index is 586. The highest BCUT2D eigenvalue weighted by atomic mass is 31.2. The molecule has 0 aliphatic carbocycles. The van der Waals surface area contributed by atoms with Gasteiger partial charge in [0.1, 0.15) is 6.10 Å². The average Bonchev–Trinajstić information content (AvgIpc) is 2.80. The minimum absolute atomic E-state index is 0.0607. The number of quaternary nitrogens is 1. The molecule has 0 bridgehead atoms. The van der Waals surface area contributed by atoms with E-state index in [0.29, 0.717) is 13.0 Å². The van der Waals surface area contributed by atoms with Gasteiger partial charge in [-0.2, -0.15) is 0 Å². The molecule has 0 aliphatic heterocycles. The summed E-state index contributed by atoms with van der Waals surface area (Å²) in [5, 5.41) is 2.60. The number of nitrogens with one attached hydrogen (secondary N) is 1. The molecule has 0 rings (SSSR count). The molecule has 37 heavy (non-hydrogen) atoms. The lowest BCUT2D eigenvalue weighted by molar-refractivity contribution is -0.870. The number of hydrogen-bond donors (Lipinski definition) is 1. The number of unbranched alkanes of at least 4 members (excludes halogenated alkanes) is 14. The van der Waals surface area contributed by atoms with Gasteiger partial charge >= 0.3 is 0 Å². The number of phosphoric ester groups is 1. The van der Waals surface area contributed by atoms with Crippen molar-refractivity contribution in [3.05, 3.63) is 0 Å². The first-order valence-electron chi connectivity index (χ1n) is 14.8. The minimum atomic E-state index is -4.47. The van der Waals surface area contributed by atoms with Crippen molar-refractivity contribution in [1.29, 1.82) is 0 Å². The van der Waals surface area contributed by atoms with Crippen LogP contribution < -0.4 is 10.2 Å². The zero-order valence-corrected chi connectivity index (χ0v) is 25.7. The monoisotopic (exact) mass is 550 g/mol. The predicted octanol–water partition coefficient (Wildman–Crippen LogP) is 5.98. The Morgan fingerprint density at radius 1 is 0.811 bits per heavy atom. The molecular formula is C28H59N2O6P. The fraction of sp³-hybridized carbons (Fsp3) is 0.964. The van der Waals surface area contributed by atoms with Crippen LogP contribution in [-0.2, 0) is 23.1 Å². The molecule has 9 heteroatoms. The minimum Gasteiger partial charge on any atom is -0.756 e. The second-order valence-corrected chi connectivity index (χ2v) is 12.7. The van der Waals surface area contributed by atoms with Gasteiger partial charge in [0.15, 0.2) is 0 Å². The van der Waals surface area contributed by atoms with Crippen LogP contribution in [0.25, 0.3) is 0 Å². The Labute approximate surface area is 228 Å². The number of hydrogen-bond acceptors (Lipinski definition) is 6. The predicted molar refractivity (Wildman–Crippen MR) is 150 cm³/mol. The van der Waals surface area contributed by atoms with Gasteiger partial charge in [-0.1, -0.05) is 90.4 Å². The molecule has 0 heterocycles.